The Hall–Kier alpha value is -3.66. The minimum absolute atomic E-state index is 0.197. The lowest BCUT2D eigenvalue weighted by atomic mass is 10.0. The third-order valence-corrected chi connectivity index (χ3v) is 7.30. The van der Waals surface area contributed by atoms with Crippen LogP contribution < -0.4 is 5.32 Å². The molecule has 3 aromatic heterocycles. The summed E-state index contributed by atoms with van der Waals surface area (Å²) in [5.41, 5.74) is 3.21. The van der Waals surface area contributed by atoms with E-state index >= 15 is 0 Å². The van der Waals surface area contributed by atoms with Gasteiger partial charge < -0.3 is 14.8 Å². The van der Waals surface area contributed by atoms with E-state index in [0.717, 1.165) is 87.5 Å². The van der Waals surface area contributed by atoms with Gasteiger partial charge in [-0.05, 0) is 61.4 Å². The number of likely N-dealkylation sites (tertiary alicyclic amines) is 1. The van der Waals surface area contributed by atoms with Gasteiger partial charge in [0.25, 0.3) is 5.91 Å². The van der Waals surface area contributed by atoms with Crippen molar-refractivity contribution in [1.29, 1.82) is 0 Å². The monoisotopic (exact) mass is 486 g/mol. The Morgan fingerprint density at radius 3 is 2.69 bits per heavy atom. The number of fused-ring (bicyclic) bond motifs is 2. The van der Waals surface area contributed by atoms with E-state index < -0.39 is 0 Å². The van der Waals surface area contributed by atoms with Gasteiger partial charge in [0.2, 0.25) is 5.91 Å². The van der Waals surface area contributed by atoms with Gasteiger partial charge in [0.05, 0.1) is 6.54 Å². The van der Waals surface area contributed by atoms with Crippen LogP contribution in [0.3, 0.4) is 0 Å². The van der Waals surface area contributed by atoms with E-state index in [4.69, 9.17) is 0 Å². The number of nitrogens with one attached hydrogen (secondary N) is 1. The number of aryl methyl sites for hydroxylation is 1. The predicted octanol–water partition coefficient (Wildman–Crippen LogP) is 2.30. The van der Waals surface area contributed by atoms with Gasteiger partial charge in [-0.2, -0.15) is 0 Å². The molecular formula is C26H30N8O2. The molecule has 0 radical (unpaired) electrons. The minimum Gasteiger partial charge on any atom is -0.342 e. The van der Waals surface area contributed by atoms with Gasteiger partial charge in [-0.25, -0.2) is 4.98 Å². The Morgan fingerprint density at radius 2 is 1.81 bits per heavy atom. The normalized spacial score (nSPS) is 17.5. The molecule has 10 heteroatoms. The van der Waals surface area contributed by atoms with Gasteiger partial charge in [-0.1, -0.05) is 6.07 Å². The Morgan fingerprint density at radius 1 is 0.944 bits per heavy atom. The standard InChI is InChI=1S/C26H30N8O2/c35-24(33-10-3-4-11-33)17-32-13-9-18-15-27-21(14-19(18)16-32)26(36)29-22-7-5-6-20(28-22)25-31-30-23-8-1-2-12-34(23)25/h5-7,14-15H,1-4,8-13,16-17H2,(H,28,29,36). The second kappa shape index (κ2) is 9.77. The quantitative estimate of drug-likeness (QED) is 0.589. The van der Waals surface area contributed by atoms with Crippen LogP contribution in [-0.4, -0.2) is 72.5 Å². The molecule has 6 heterocycles. The maximum absolute atomic E-state index is 13.0. The van der Waals surface area contributed by atoms with Crippen molar-refractivity contribution in [2.24, 2.45) is 0 Å². The number of aromatic nitrogens is 5. The Labute approximate surface area is 209 Å². The highest BCUT2D eigenvalue weighted by Crippen LogP contribution is 2.23. The molecule has 0 unspecified atom stereocenters. The zero-order valence-corrected chi connectivity index (χ0v) is 20.3. The molecule has 0 saturated carbocycles. The van der Waals surface area contributed by atoms with Crippen LogP contribution in [-0.2, 0) is 30.7 Å². The summed E-state index contributed by atoms with van der Waals surface area (Å²) < 4.78 is 2.11. The summed E-state index contributed by atoms with van der Waals surface area (Å²) in [5.74, 6) is 2.06. The van der Waals surface area contributed by atoms with Crippen molar-refractivity contribution in [2.45, 2.75) is 51.6 Å². The van der Waals surface area contributed by atoms with Gasteiger partial charge in [-0.15, -0.1) is 10.2 Å². The third kappa shape index (κ3) is 4.60. The first-order valence-corrected chi connectivity index (χ1v) is 12.8. The van der Waals surface area contributed by atoms with Crippen molar-refractivity contribution in [3.05, 3.63) is 53.1 Å². The molecule has 186 valence electrons. The van der Waals surface area contributed by atoms with Crippen LogP contribution in [0.1, 0.15) is 53.1 Å². The highest BCUT2D eigenvalue weighted by atomic mass is 16.2. The molecule has 2 amide bonds. The molecule has 3 aliphatic heterocycles. The SMILES string of the molecule is O=C(Nc1cccc(-c2nnc3n2CCCC3)n1)c1cc2c(cn1)CCN(CC(=O)N1CCCC1)C2. The number of hydrogen-bond donors (Lipinski definition) is 1. The zero-order valence-electron chi connectivity index (χ0n) is 20.3. The van der Waals surface area contributed by atoms with Crippen molar-refractivity contribution in [2.75, 3.05) is 31.5 Å². The van der Waals surface area contributed by atoms with Crippen LogP contribution in [0.2, 0.25) is 0 Å². The number of pyridine rings is 2. The number of carbonyl (C=O) groups excluding carboxylic acids is 2. The molecule has 1 N–H and O–H groups in total. The molecule has 0 bridgehead atoms. The minimum atomic E-state index is -0.309. The van der Waals surface area contributed by atoms with E-state index in [1.54, 1.807) is 12.3 Å². The topological polar surface area (TPSA) is 109 Å². The molecule has 0 aromatic carbocycles. The van der Waals surface area contributed by atoms with Crippen molar-refractivity contribution in [3.63, 3.8) is 0 Å². The Bertz CT molecular complexity index is 1300. The molecule has 0 spiro atoms. The van der Waals surface area contributed by atoms with E-state index in [0.29, 0.717) is 30.3 Å². The number of anilines is 1. The molecule has 1 fully saturated rings. The zero-order chi connectivity index (χ0) is 24.5. The summed E-state index contributed by atoms with van der Waals surface area (Å²) in [4.78, 5) is 38.8. The van der Waals surface area contributed by atoms with Gasteiger partial charge >= 0.3 is 0 Å². The first kappa shape index (κ1) is 22.8. The van der Waals surface area contributed by atoms with E-state index in [1.165, 1.54) is 0 Å². The largest absolute Gasteiger partial charge is 0.342 e. The average molecular weight is 487 g/mol. The molecule has 3 aromatic rings. The number of amides is 2. The van der Waals surface area contributed by atoms with Gasteiger partial charge in [0, 0.05) is 45.3 Å². The fourth-order valence-electron chi connectivity index (χ4n) is 5.32. The average Bonchev–Trinajstić information content (AvgIpc) is 3.59. The summed E-state index contributed by atoms with van der Waals surface area (Å²) >= 11 is 0. The van der Waals surface area contributed by atoms with Gasteiger partial charge in [-0.3, -0.25) is 19.5 Å². The summed E-state index contributed by atoms with van der Waals surface area (Å²) in [5, 5.41) is 11.5. The summed E-state index contributed by atoms with van der Waals surface area (Å²) in [6, 6.07) is 7.35. The fraction of sp³-hybridized carbons (Fsp3) is 0.462. The first-order chi connectivity index (χ1) is 17.6. The molecule has 0 aliphatic carbocycles. The van der Waals surface area contributed by atoms with Crippen molar-refractivity contribution in [3.8, 4) is 11.5 Å². The van der Waals surface area contributed by atoms with Crippen LogP contribution in [0.4, 0.5) is 5.82 Å². The summed E-state index contributed by atoms with van der Waals surface area (Å²) in [7, 11) is 0. The molecular weight excluding hydrogens is 456 g/mol. The second-order valence-corrected chi connectivity index (χ2v) is 9.80. The highest BCUT2D eigenvalue weighted by Gasteiger charge is 2.24. The van der Waals surface area contributed by atoms with Gasteiger partial charge in [0.1, 0.15) is 23.0 Å². The van der Waals surface area contributed by atoms with Crippen LogP contribution >= 0.6 is 0 Å². The molecule has 1 saturated heterocycles. The van der Waals surface area contributed by atoms with E-state index in [-0.39, 0.29) is 11.8 Å². The van der Waals surface area contributed by atoms with Crippen molar-refractivity contribution >= 4 is 17.6 Å². The molecule has 3 aliphatic rings. The lowest BCUT2D eigenvalue weighted by molar-refractivity contribution is -0.131. The van der Waals surface area contributed by atoms with Crippen LogP contribution in [0.5, 0.6) is 0 Å². The summed E-state index contributed by atoms with van der Waals surface area (Å²) in [6.07, 6.45) is 7.96. The van der Waals surface area contributed by atoms with E-state index in [1.807, 2.05) is 23.1 Å². The predicted molar refractivity (Wildman–Crippen MR) is 133 cm³/mol. The molecule has 10 nitrogen and oxygen atoms in total. The van der Waals surface area contributed by atoms with E-state index in [9.17, 15) is 9.59 Å². The number of nitrogens with zero attached hydrogens (tertiary/aromatic N) is 7. The smallest absolute Gasteiger partial charge is 0.275 e. The van der Waals surface area contributed by atoms with Crippen molar-refractivity contribution < 1.29 is 9.59 Å². The van der Waals surface area contributed by atoms with Crippen LogP contribution in [0.15, 0.2) is 30.5 Å². The lowest BCUT2D eigenvalue weighted by Crippen LogP contribution is -2.41. The highest BCUT2D eigenvalue weighted by molar-refractivity contribution is 6.02. The lowest BCUT2D eigenvalue weighted by Gasteiger charge is -2.29. The number of carbonyl (C=O) groups is 2. The van der Waals surface area contributed by atoms with Gasteiger partial charge in [0.15, 0.2) is 5.82 Å². The number of rotatable bonds is 5. The Balaban J connectivity index is 1.14. The summed E-state index contributed by atoms with van der Waals surface area (Å²) in [6.45, 7) is 4.51. The Kier molecular flexibility index (Phi) is 6.18. The van der Waals surface area contributed by atoms with E-state index in [2.05, 4.69) is 34.9 Å². The molecule has 36 heavy (non-hydrogen) atoms. The van der Waals surface area contributed by atoms with Crippen LogP contribution in [0, 0.1) is 0 Å². The first-order valence-electron chi connectivity index (χ1n) is 12.8. The maximum atomic E-state index is 13.0. The number of hydrogen-bond acceptors (Lipinski definition) is 7. The van der Waals surface area contributed by atoms with Crippen LogP contribution in [0.25, 0.3) is 11.5 Å². The third-order valence-electron chi connectivity index (χ3n) is 7.30. The second-order valence-electron chi connectivity index (χ2n) is 9.80. The molecule has 6 rings (SSSR count). The maximum Gasteiger partial charge on any atom is 0.275 e. The fourth-order valence-corrected chi connectivity index (χ4v) is 5.32. The molecule has 0 atom stereocenters. The van der Waals surface area contributed by atoms with Crippen molar-refractivity contribution in [1.82, 2.24) is 34.5 Å².